The fourth-order valence-electron chi connectivity index (χ4n) is 2.52. The lowest BCUT2D eigenvalue weighted by Crippen LogP contribution is -2.26. The van der Waals surface area contributed by atoms with Gasteiger partial charge in [0.2, 0.25) is 0 Å². The van der Waals surface area contributed by atoms with Crippen LogP contribution in [0.15, 0.2) is 36.4 Å². The molecule has 1 aromatic carbocycles. The Kier molecular flexibility index (Phi) is 3.76. The summed E-state index contributed by atoms with van der Waals surface area (Å²) in [6.07, 6.45) is 0. The molecule has 3 aromatic rings. The highest BCUT2D eigenvalue weighted by molar-refractivity contribution is 8.00. The van der Waals surface area contributed by atoms with Crippen LogP contribution in [0.3, 0.4) is 0 Å². The summed E-state index contributed by atoms with van der Waals surface area (Å²) < 4.78 is 0. The van der Waals surface area contributed by atoms with Crippen molar-refractivity contribution < 1.29 is 0 Å². The van der Waals surface area contributed by atoms with Crippen LogP contribution in [0.2, 0.25) is 0 Å². The van der Waals surface area contributed by atoms with Crippen LogP contribution in [0.1, 0.15) is 4.88 Å². The molecule has 1 aliphatic heterocycles. The quantitative estimate of drug-likeness (QED) is 0.768. The normalized spacial score (nSPS) is 15.0. The first-order valence-corrected chi connectivity index (χ1v) is 9.42. The number of anilines is 1. The van der Waals surface area contributed by atoms with Crippen molar-refractivity contribution in [2.24, 2.45) is 5.92 Å². The summed E-state index contributed by atoms with van der Waals surface area (Å²) in [5, 5.41) is 4.65. The van der Waals surface area contributed by atoms with Gasteiger partial charge in [0, 0.05) is 16.8 Å². The zero-order chi connectivity index (χ0) is 14.9. The van der Waals surface area contributed by atoms with Crippen molar-refractivity contribution in [3.8, 4) is 10.7 Å². The number of benzene rings is 1. The summed E-state index contributed by atoms with van der Waals surface area (Å²) in [6.45, 7) is 3.11. The third kappa shape index (κ3) is 2.71. The Morgan fingerprint density at radius 1 is 1.14 bits per heavy atom. The van der Waals surface area contributed by atoms with Crippen LogP contribution in [0.5, 0.6) is 0 Å². The topological polar surface area (TPSA) is 37.8 Å². The minimum Gasteiger partial charge on any atom is -0.369 e. The molecular formula is C17H17N3S2. The van der Waals surface area contributed by atoms with E-state index in [1.165, 1.54) is 16.4 Å². The molecule has 0 spiro atoms. The van der Waals surface area contributed by atoms with Gasteiger partial charge in [0.05, 0.1) is 10.4 Å². The Morgan fingerprint density at radius 2 is 2.00 bits per heavy atom. The number of fused-ring (bicyclic) bond motifs is 1. The van der Waals surface area contributed by atoms with Crippen molar-refractivity contribution in [1.82, 2.24) is 9.97 Å². The van der Waals surface area contributed by atoms with E-state index in [4.69, 9.17) is 9.97 Å². The van der Waals surface area contributed by atoms with Gasteiger partial charge in [0.15, 0.2) is 5.82 Å². The third-order valence-corrected chi connectivity index (χ3v) is 6.24. The van der Waals surface area contributed by atoms with Gasteiger partial charge < -0.3 is 5.32 Å². The fourth-order valence-corrected chi connectivity index (χ4v) is 4.13. The zero-order valence-corrected chi connectivity index (χ0v) is 14.0. The fraction of sp³-hybridized carbons (Fsp3) is 0.294. The maximum absolute atomic E-state index is 4.80. The molecule has 1 fully saturated rings. The Bertz CT molecular complexity index is 809. The molecule has 0 atom stereocenters. The first-order chi connectivity index (χ1) is 10.8. The van der Waals surface area contributed by atoms with Gasteiger partial charge >= 0.3 is 0 Å². The summed E-state index contributed by atoms with van der Waals surface area (Å²) >= 11 is 3.76. The monoisotopic (exact) mass is 327 g/mol. The van der Waals surface area contributed by atoms with Crippen LogP contribution in [0.25, 0.3) is 21.6 Å². The van der Waals surface area contributed by atoms with Gasteiger partial charge in [0.1, 0.15) is 5.82 Å². The number of rotatable bonds is 4. The molecule has 0 amide bonds. The number of nitrogens with one attached hydrogen (secondary N) is 1. The van der Waals surface area contributed by atoms with Gasteiger partial charge in [-0.15, -0.1) is 11.3 Å². The van der Waals surface area contributed by atoms with Gasteiger partial charge in [0.25, 0.3) is 0 Å². The van der Waals surface area contributed by atoms with E-state index in [1.807, 2.05) is 23.9 Å². The van der Waals surface area contributed by atoms with E-state index in [0.717, 1.165) is 39.9 Å². The SMILES string of the molecule is Cc1ccc(-c2nc(NCC3CSC3)c3ccccc3n2)s1. The number of para-hydroxylation sites is 1. The highest BCUT2D eigenvalue weighted by Crippen LogP contribution is 2.30. The average molecular weight is 327 g/mol. The maximum Gasteiger partial charge on any atom is 0.172 e. The van der Waals surface area contributed by atoms with E-state index < -0.39 is 0 Å². The third-order valence-electron chi connectivity index (χ3n) is 3.83. The number of aromatic nitrogens is 2. The number of aryl methyl sites for hydroxylation is 1. The van der Waals surface area contributed by atoms with Crippen LogP contribution in [-0.2, 0) is 0 Å². The lowest BCUT2D eigenvalue weighted by molar-refractivity contribution is 0.676. The number of hydrogen-bond donors (Lipinski definition) is 1. The minimum absolute atomic E-state index is 0.770. The summed E-state index contributed by atoms with van der Waals surface area (Å²) in [6, 6.07) is 12.5. The number of hydrogen-bond acceptors (Lipinski definition) is 5. The molecule has 4 rings (SSSR count). The van der Waals surface area contributed by atoms with Crippen LogP contribution >= 0.6 is 23.1 Å². The van der Waals surface area contributed by atoms with Crippen LogP contribution < -0.4 is 5.32 Å². The smallest absolute Gasteiger partial charge is 0.172 e. The van der Waals surface area contributed by atoms with E-state index in [1.54, 1.807) is 11.3 Å². The van der Waals surface area contributed by atoms with Gasteiger partial charge in [-0.1, -0.05) is 12.1 Å². The molecule has 1 saturated heterocycles. The first-order valence-electron chi connectivity index (χ1n) is 7.45. The van der Waals surface area contributed by atoms with Crippen LogP contribution in [0, 0.1) is 12.8 Å². The van der Waals surface area contributed by atoms with Crippen molar-refractivity contribution in [2.45, 2.75) is 6.92 Å². The average Bonchev–Trinajstić information content (AvgIpc) is 2.92. The van der Waals surface area contributed by atoms with Crippen molar-refractivity contribution in [2.75, 3.05) is 23.4 Å². The molecule has 1 aliphatic rings. The number of nitrogens with zero attached hydrogens (tertiary/aromatic N) is 2. The van der Waals surface area contributed by atoms with Gasteiger partial charge in [-0.3, -0.25) is 0 Å². The minimum atomic E-state index is 0.770. The van der Waals surface area contributed by atoms with Gasteiger partial charge in [-0.25, -0.2) is 9.97 Å². The van der Waals surface area contributed by atoms with Crippen LogP contribution in [-0.4, -0.2) is 28.0 Å². The van der Waals surface area contributed by atoms with Crippen molar-refractivity contribution in [3.63, 3.8) is 0 Å². The molecule has 22 heavy (non-hydrogen) atoms. The van der Waals surface area contributed by atoms with E-state index in [-0.39, 0.29) is 0 Å². The highest BCUT2D eigenvalue weighted by atomic mass is 32.2. The Balaban J connectivity index is 1.74. The number of thiophene rings is 1. The van der Waals surface area contributed by atoms with Gasteiger partial charge in [-0.2, -0.15) is 11.8 Å². The van der Waals surface area contributed by atoms with Crippen LogP contribution in [0.4, 0.5) is 5.82 Å². The molecule has 0 radical (unpaired) electrons. The van der Waals surface area contributed by atoms with E-state index in [9.17, 15) is 0 Å². The largest absolute Gasteiger partial charge is 0.369 e. The Hall–Kier alpha value is -1.59. The lowest BCUT2D eigenvalue weighted by atomic mass is 10.2. The molecule has 0 bridgehead atoms. The molecular weight excluding hydrogens is 310 g/mol. The molecule has 3 nitrogen and oxygen atoms in total. The second-order valence-electron chi connectivity index (χ2n) is 5.61. The molecule has 3 heterocycles. The van der Waals surface area contributed by atoms with Gasteiger partial charge in [-0.05, 0) is 48.6 Å². The molecule has 1 N–H and O–H groups in total. The van der Waals surface area contributed by atoms with E-state index >= 15 is 0 Å². The molecule has 112 valence electrons. The first kappa shape index (κ1) is 14.0. The molecule has 0 saturated carbocycles. The predicted octanol–water partition coefficient (Wildman–Crippen LogP) is 4.44. The molecule has 0 aliphatic carbocycles. The second-order valence-corrected chi connectivity index (χ2v) is 7.97. The molecule has 5 heteroatoms. The summed E-state index contributed by atoms with van der Waals surface area (Å²) in [5.74, 6) is 5.07. The molecule has 2 aromatic heterocycles. The second kappa shape index (κ2) is 5.89. The van der Waals surface area contributed by atoms with Crippen molar-refractivity contribution >= 4 is 39.8 Å². The Morgan fingerprint density at radius 3 is 2.73 bits per heavy atom. The standard InChI is InChI=1S/C17H17N3S2/c1-11-6-7-15(22-11)17-19-14-5-3-2-4-13(14)16(20-17)18-8-12-9-21-10-12/h2-7,12H,8-10H2,1H3,(H,18,19,20). The maximum atomic E-state index is 4.80. The highest BCUT2D eigenvalue weighted by Gasteiger charge is 2.18. The summed E-state index contributed by atoms with van der Waals surface area (Å²) in [7, 11) is 0. The molecule has 0 unspecified atom stereocenters. The summed E-state index contributed by atoms with van der Waals surface area (Å²) in [5.41, 5.74) is 1.00. The van der Waals surface area contributed by atoms with Crippen molar-refractivity contribution in [3.05, 3.63) is 41.3 Å². The van der Waals surface area contributed by atoms with E-state index in [2.05, 4.69) is 36.5 Å². The number of thioether (sulfide) groups is 1. The Labute approximate surface area is 138 Å². The van der Waals surface area contributed by atoms with E-state index in [0.29, 0.717) is 0 Å². The summed E-state index contributed by atoms with van der Waals surface area (Å²) in [4.78, 5) is 11.9. The van der Waals surface area contributed by atoms with Crippen molar-refractivity contribution in [1.29, 1.82) is 0 Å². The predicted molar refractivity (Wildman–Crippen MR) is 96.9 cm³/mol. The lowest BCUT2D eigenvalue weighted by Gasteiger charge is -2.25. The zero-order valence-electron chi connectivity index (χ0n) is 12.4.